The van der Waals surface area contributed by atoms with Gasteiger partial charge in [0.2, 0.25) is 5.91 Å². The van der Waals surface area contributed by atoms with Gasteiger partial charge in [0, 0.05) is 40.7 Å². The van der Waals surface area contributed by atoms with Gasteiger partial charge in [-0.05, 0) is 58.6 Å². The summed E-state index contributed by atoms with van der Waals surface area (Å²) in [5, 5.41) is 0. The van der Waals surface area contributed by atoms with Crippen molar-refractivity contribution < 1.29 is 14.0 Å². The van der Waals surface area contributed by atoms with Gasteiger partial charge in [-0.1, -0.05) is 12.1 Å². The zero-order valence-electron chi connectivity index (χ0n) is 13.9. The third kappa shape index (κ3) is 2.98. The summed E-state index contributed by atoms with van der Waals surface area (Å²) in [6, 6.07) is 9.66. The van der Waals surface area contributed by atoms with E-state index in [0.717, 1.165) is 15.7 Å². The van der Waals surface area contributed by atoms with Crippen LogP contribution in [-0.2, 0) is 9.59 Å². The Hall–Kier alpha value is -2.34. The van der Waals surface area contributed by atoms with Gasteiger partial charge in [0.25, 0.3) is 0 Å². The second-order valence-corrected chi connectivity index (χ2v) is 7.42. The molecule has 1 atom stereocenters. The predicted octanol–water partition coefficient (Wildman–Crippen LogP) is 4.51. The largest absolute Gasteiger partial charge is 0.294 e. The van der Waals surface area contributed by atoms with Crippen molar-refractivity contribution in [2.45, 2.75) is 31.6 Å². The molecule has 1 aromatic carbocycles. The van der Waals surface area contributed by atoms with Crippen molar-refractivity contribution in [2.75, 3.05) is 4.90 Å². The van der Waals surface area contributed by atoms with Gasteiger partial charge in [0.15, 0.2) is 5.78 Å². The zero-order chi connectivity index (χ0) is 18.3. The van der Waals surface area contributed by atoms with Gasteiger partial charge in [0.1, 0.15) is 11.6 Å². The summed E-state index contributed by atoms with van der Waals surface area (Å²) in [5.74, 6) is -0.158. The van der Waals surface area contributed by atoms with E-state index in [4.69, 9.17) is 0 Å². The number of anilines is 1. The molecule has 2 aromatic rings. The normalized spacial score (nSPS) is 20.4. The summed E-state index contributed by atoms with van der Waals surface area (Å²) in [4.78, 5) is 31.6. The summed E-state index contributed by atoms with van der Waals surface area (Å²) >= 11 is 3.35. The summed E-state index contributed by atoms with van der Waals surface area (Å²) in [5.41, 5.74) is 2.21. The van der Waals surface area contributed by atoms with Gasteiger partial charge in [-0.2, -0.15) is 0 Å². The third-order valence-corrected chi connectivity index (χ3v) is 5.36. The van der Waals surface area contributed by atoms with Gasteiger partial charge >= 0.3 is 0 Å². The van der Waals surface area contributed by atoms with Gasteiger partial charge < -0.3 is 0 Å². The van der Waals surface area contributed by atoms with Crippen molar-refractivity contribution in [3.63, 3.8) is 0 Å². The van der Waals surface area contributed by atoms with Crippen molar-refractivity contribution in [3.05, 3.63) is 69.7 Å². The van der Waals surface area contributed by atoms with Crippen molar-refractivity contribution in [1.82, 2.24) is 4.98 Å². The van der Waals surface area contributed by atoms with Crippen LogP contribution in [0.2, 0.25) is 0 Å². The Morgan fingerprint density at radius 1 is 1.08 bits per heavy atom. The van der Waals surface area contributed by atoms with Crippen LogP contribution in [0.15, 0.2) is 58.3 Å². The lowest BCUT2D eigenvalue weighted by Crippen LogP contribution is -2.41. The Kier molecular flexibility index (Phi) is 4.44. The number of Topliss-reactive ketones (excluding diaryl/α,β-unsaturated/α-hetero) is 1. The number of benzene rings is 1. The lowest BCUT2D eigenvalue weighted by atomic mass is 9.77. The molecule has 1 aliphatic heterocycles. The first-order valence-electron chi connectivity index (χ1n) is 8.51. The Morgan fingerprint density at radius 2 is 1.85 bits per heavy atom. The molecule has 1 unspecified atom stereocenters. The molecule has 132 valence electrons. The first-order valence-corrected chi connectivity index (χ1v) is 9.30. The molecule has 26 heavy (non-hydrogen) atoms. The third-order valence-electron chi connectivity index (χ3n) is 4.89. The second kappa shape index (κ2) is 6.76. The zero-order valence-corrected chi connectivity index (χ0v) is 15.5. The molecule has 1 aliphatic carbocycles. The first kappa shape index (κ1) is 17.1. The van der Waals surface area contributed by atoms with E-state index in [-0.39, 0.29) is 29.8 Å². The van der Waals surface area contributed by atoms with Crippen LogP contribution in [0.4, 0.5) is 10.2 Å². The highest BCUT2D eigenvalue weighted by Crippen LogP contribution is 2.43. The molecular formula is C20H16BrFN2O2. The fourth-order valence-corrected chi connectivity index (χ4v) is 3.97. The number of rotatable bonds is 2. The SMILES string of the molecule is O=C1CCCC2=C1C(c1ccc(F)cc1)CC(=O)N2c1ccc(Br)cn1. The monoisotopic (exact) mass is 414 g/mol. The van der Waals surface area contributed by atoms with Crippen LogP contribution in [0.25, 0.3) is 0 Å². The van der Waals surface area contributed by atoms with Crippen molar-refractivity contribution >= 4 is 33.4 Å². The van der Waals surface area contributed by atoms with E-state index in [0.29, 0.717) is 30.7 Å². The second-order valence-electron chi connectivity index (χ2n) is 6.51. The van der Waals surface area contributed by atoms with Gasteiger partial charge in [0.05, 0.1) is 0 Å². The van der Waals surface area contributed by atoms with Crippen LogP contribution in [0.3, 0.4) is 0 Å². The molecule has 1 amide bonds. The highest BCUT2D eigenvalue weighted by molar-refractivity contribution is 9.10. The number of nitrogens with zero attached hydrogens (tertiary/aromatic N) is 2. The first-order chi connectivity index (χ1) is 12.5. The molecular weight excluding hydrogens is 399 g/mol. The molecule has 0 saturated carbocycles. The number of hydrogen-bond acceptors (Lipinski definition) is 3. The molecule has 0 N–H and O–H groups in total. The standard InChI is InChI=1S/C20H16BrFN2O2/c21-13-6-9-18(23-11-13)24-16-2-1-3-17(25)20(16)15(10-19(24)26)12-4-7-14(22)8-5-12/h4-9,11,15H,1-3,10H2. The van der Waals surface area contributed by atoms with Crippen LogP contribution in [-0.4, -0.2) is 16.7 Å². The minimum Gasteiger partial charge on any atom is -0.294 e. The molecule has 0 spiro atoms. The summed E-state index contributed by atoms with van der Waals surface area (Å²) < 4.78 is 14.1. The molecule has 0 bridgehead atoms. The van der Waals surface area contributed by atoms with E-state index in [2.05, 4.69) is 20.9 Å². The molecule has 2 aliphatic rings. The fourth-order valence-electron chi connectivity index (χ4n) is 3.74. The average Bonchev–Trinajstić information content (AvgIpc) is 2.63. The van der Waals surface area contributed by atoms with E-state index < -0.39 is 0 Å². The number of hydrogen-bond donors (Lipinski definition) is 0. The highest BCUT2D eigenvalue weighted by atomic mass is 79.9. The van der Waals surface area contributed by atoms with E-state index in [1.165, 1.54) is 12.1 Å². The minimum atomic E-state index is -0.333. The lowest BCUT2D eigenvalue weighted by molar-refractivity contribution is -0.120. The van der Waals surface area contributed by atoms with Crippen LogP contribution >= 0.6 is 15.9 Å². The van der Waals surface area contributed by atoms with Crippen molar-refractivity contribution in [2.24, 2.45) is 0 Å². The van der Waals surface area contributed by atoms with E-state index in [1.54, 1.807) is 29.3 Å². The quantitative estimate of drug-likeness (QED) is 0.725. The number of amides is 1. The van der Waals surface area contributed by atoms with Gasteiger partial charge in [-0.3, -0.25) is 14.5 Å². The Balaban J connectivity index is 1.84. The summed E-state index contributed by atoms with van der Waals surface area (Å²) in [6.07, 6.45) is 3.66. The number of pyridine rings is 1. The van der Waals surface area contributed by atoms with Crippen LogP contribution < -0.4 is 4.90 Å². The summed E-state index contributed by atoms with van der Waals surface area (Å²) in [7, 11) is 0. The summed E-state index contributed by atoms with van der Waals surface area (Å²) in [6.45, 7) is 0. The number of ketones is 1. The van der Waals surface area contributed by atoms with Crippen LogP contribution in [0, 0.1) is 5.82 Å². The maximum Gasteiger partial charge on any atom is 0.233 e. The molecule has 4 rings (SSSR count). The van der Waals surface area contributed by atoms with Crippen molar-refractivity contribution in [3.8, 4) is 0 Å². The molecule has 1 aromatic heterocycles. The molecule has 4 nitrogen and oxygen atoms in total. The number of aromatic nitrogens is 1. The van der Waals surface area contributed by atoms with Gasteiger partial charge in [-0.15, -0.1) is 0 Å². The van der Waals surface area contributed by atoms with Crippen LogP contribution in [0.5, 0.6) is 0 Å². The Labute approximate surface area is 158 Å². The maximum absolute atomic E-state index is 13.3. The smallest absolute Gasteiger partial charge is 0.233 e. The fraction of sp³-hybridized carbons (Fsp3) is 0.250. The number of halogens is 2. The Morgan fingerprint density at radius 3 is 2.54 bits per heavy atom. The number of carbonyl (C=O) groups is 2. The highest BCUT2D eigenvalue weighted by Gasteiger charge is 2.40. The average molecular weight is 415 g/mol. The molecule has 0 radical (unpaired) electrons. The number of carbonyl (C=O) groups excluding carboxylic acids is 2. The van der Waals surface area contributed by atoms with Crippen molar-refractivity contribution in [1.29, 1.82) is 0 Å². The molecule has 0 fully saturated rings. The van der Waals surface area contributed by atoms with Gasteiger partial charge in [-0.25, -0.2) is 9.37 Å². The molecule has 6 heteroatoms. The molecule has 0 saturated heterocycles. The minimum absolute atomic E-state index is 0.0650. The van der Waals surface area contributed by atoms with E-state index in [9.17, 15) is 14.0 Å². The number of allylic oxidation sites excluding steroid dienone is 2. The van der Waals surface area contributed by atoms with E-state index in [1.807, 2.05) is 6.07 Å². The maximum atomic E-state index is 13.3. The lowest BCUT2D eigenvalue weighted by Gasteiger charge is -2.37. The topological polar surface area (TPSA) is 50.3 Å². The van der Waals surface area contributed by atoms with E-state index >= 15 is 0 Å². The van der Waals surface area contributed by atoms with Crippen LogP contribution in [0.1, 0.15) is 37.2 Å². The molecule has 2 heterocycles. The predicted molar refractivity (Wildman–Crippen MR) is 99.1 cm³/mol. The Bertz CT molecular complexity index is 906.